The standard InChI is InChI=1S/C16H23N3O2.ClH/c1-11(2)9-18-16(21)13-5-3-4-6-14(13)19-15(20)12-7-8-17-10-12;/h3-6,11-12,17H,7-10H2,1-2H3,(H,18,21)(H,19,20);1H. The number of carbonyl (C=O) groups excluding carboxylic acids is 2. The first kappa shape index (κ1) is 18.5. The minimum absolute atomic E-state index is 0. The minimum Gasteiger partial charge on any atom is -0.352 e. The van der Waals surface area contributed by atoms with Gasteiger partial charge in [-0.2, -0.15) is 0 Å². The molecule has 1 unspecified atom stereocenters. The molecule has 1 atom stereocenters. The van der Waals surface area contributed by atoms with Crippen molar-refractivity contribution < 1.29 is 9.59 Å². The molecule has 1 aliphatic heterocycles. The van der Waals surface area contributed by atoms with Crippen LogP contribution in [0.15, 0.2) is 24.3 Å². The van der Waals surface area contributed by atoms with Gasteiger partial charge in [-0.25, -0.2) is 0 Å². The molecule has 1 aliphatic rings. The molecule has 1 aromatic rings. The number of halogens is 1. The van der Waals surface area contributed by atoms with Crippen LogP contribution in [0.25, 0.3) is 0 Å². The summed E-state index contributed by atoms with van der Waals surface area (Å²) in [5.41, 5.74) is 1.09. The Hall–Kier alpha value is -1.59. The first-order valence-electron chi connectivity index (χ1n) is 7.46. The van der Waals surface area contributed by atoms with Gasteiger partial charge in [-0.15, -0.1) is 12.4 Å². The molecule has 1 fully saturated rings. The quantitative estimate of drug-likeness (QED) is 0.776. The zero-order valence-corrected chi connectivity index (χ0v) is 13.8. The maximum Gasteiger partial charge on any atom is 0.253 e. The summed E-state index contributed by atoms with van der Waals surface area (Å²) in [6.45, 7) is 6.28. The van der Waals surface area contributed by atoms with E-state index in [0.29, 0.717) is 30.3 Å². The van der Waals surface area contributed by atoms with Crippen molar-refractivity contribution in [2.75, 3.05) is 25.0 Å². The van der Waals surface area contributed by atoms with E-state index in [9.17, 15) is 9.59 Å². The molecule has 5 nitrogen and oxygen atoms in total. The van der Waals surface area contributed by atoms with E-state index in [1.807, 2.05) is 19.9 Å². The Labute approximate surface area is 137 Å². The molecule has 22 heavy (non-hydrogen) atoms. The fraction of sp³-hybridized carbons (Fsp3) is 0.500. The summed E-state index contributed by atoms with van der Waals surface area (Å²) in [7, 11) is 0. The Bertz CT molecular complexity index is 514. The van der Waals surface area contributed by atoms with Crippen LogP contribution in [-0.2, 0) is 4.79 Å². The number of para-hydroxylation sites is 1. The van der Waals surface area contributed by atoms with Crippen LogP contribution in [0.3, 0.4) is 0 Å². The predicted molar refractivity (Wildman–Crippen MR) is 90.5 cm³/mol. The number of rotatable bonds is 5. The molecule has 0 bridgehead atoms. The zero-order chi connectivity index (χ0) is 15.2. The van der Waals surface area contributed by atoms with Crippen molar-refractivity contribution in [3.05, 3.63) is 29.8 Å². The smallest absolute Gasteiger partial charge is 0.253 e. The van der Waals surface area contributed by atoms with Crippen molar-refractivity contribution in [1.82, 2.24) is 10.6 Å². The fourth-order valence-electron chi connectivity index (χ4n) is 2.30. The van der Waals surface area contributed by atoms with E-state index in [-0.39, 0.29) is 30.1 Å². The highest BCUT2D eigenvalue weighted by Crippen LogP contribution is 2.18. The fourth-order valence-corrected chi connectivity index (χ4v) is 2.30. The Morgan fingerprint density at radius 1 is 1.32 bits per heavy atom. The second-order valence-corrected chi connectivity index (χ2v) is 5.83. The van der Waals surface area contributed by atoms with Gasteiger partial charge >= 0.3 is 0 Å². The van der Waals surface area contributed by atoms with Gasteiger partial charge in [0, 0.05) is 13.1 Å². The molecule has 2 amide bonds. The maximum atomic E-state index is 12.2. The van der Waals surface area contributed by atoms with Crippen molar-refractivity contribution in [3.8, 4) is 0 Å². The normalized spacial score (nSPS) is 17.0. The van der Waals surface area contributed by atoms with Crippen molar-refractivity contribution in [2.24, 2.45) is 11.8 Å². The summed E-state index contributed by atoms with van der Waals surface area (Å²) in [6.07, 6.45) is 0.841. The molecule has 6 heteroatoms. The van der Waals surface area contributed by atoms with Gasteiger partial charge in [0.15, 0.2) is 0 Å². The number of amides is 2. The molecule has 1 aromatic carbocycles. The van der Waals surface area contributed by atoms with E-state index in [0.717, 1.165) is 13.0 Å². The third-order valence-corrected chi connectivity index (χ3v) is 3.53. The lowest BCUT2D eigenvalue weighted by Crippen LogP contribution is -2.30. The largest absolute Gasteiger partial charge is 0.352 e. The van der Waals surface area contributed by atoms with Gasteiger partial charge < -0.3 is 16.0 Å². The van der Waals surface area contributed by atoms with Crippen LogP contribution >= 0.6 is 12.4 Å². The summed E-state index contributed by atoms with van der Waals surface area (Å²) >= 11 is 0. The molecule has 1 heterocycles. The topological polar surface area (TPSA) is 70.2 Å². The lowest BCUT2D eigenvalue weighted by molar-refractivity contribution is -0.119. The Kier molecular flexibility index (Phi) is 7.35. The summed E-state index contributed by atoms with van der Waals surface area (Å²) in [5, 5.41) is 8.93. The van der Waals surface area contributed by atoms with E-state index < -0.39 is 0 Å². The number of hydrogen-bond donors (Lipinski definition) is 3. The monoisotopic (exact) mass is 325 g/mol. The van der Waals surface area contributed by atoms with Crippen molar-refractivity contribution in [3.63, 3.8) is 0 Å². The van der Waals surface area contributed by atoms with E-state index in [2.05, 4.69) is 16.0 Å². The second kappa shape index (κ2) is 8.76. The van der Waals surface area contributed by atoms with E-state index >= 15 is 0 Å². The third kappa shape index (κ3) is 5.00. The first-order chi connectivity index (χ1) is 10.1. The average Bonchev–Trinajstić information content (AvgIpc) is 2.99. The van der Waals surface area contributed by atoms with E-state index in [1.165, 1.54) is 0 Å². The van der Waals surface area contributed by atoms with Crippen LogP contribution < -0.4 is 16.0 Å². The molecule has 3 N–H and O–H groups in total. The molecule has 122 valence electrons. The van der Waals surface area contributed by atoms with Crippen LogP contribution in [-0.4, -0.2) is 31.4 Å². The molecule has 2 rings (SSSR count). The minimum atomic E-state index is -0.149. The van der Waals surface area contributed by atoms with Crippen molar-refractivity contribution in [1.29, 1.82) is 0 Å². The number of carbonyl (C=O) groups is 2. The molecule has 0 aromatic heterocycles. The SMILES string of the molecule is CC(C)CNC(=O)c1ccccc1NC(=O)C1CCNC1.Cl. The summed E-state index contributed by atoms with van der Waals surface area (Å²) in [4.78, 5) is 24.4. The molecule has 0 radical (unpaired) electrons. The molecule has 1 saturated heterocycles. The van der Waals surface area contributed by atoms with Gasteiger partial charge in [-0.05, 0) is 31.0 Å². The molecular weight excluding hydrogens is 302 g/mol. The molecule has 0 spiro atoms. The van der Waals surface area contributed by atoms with E-state index in [4.69, 9.17) is 0 Å². The zero-order valence-electron chi connectivity index (χ0n) is 13.0. The van der Waals surface area contributed by atoms with Crippen LogP contribution in [0.1, 0.15) is 30.6 Å². The molecule has 0 saturated carbocycles. The Morgan fingerprint density at radius 2 is 2.05 bits per heavy atom. The van der Waals surface area contributed by atoms with Gasteiger partial charge in [0.2, 0.25) is 5.91 Å². The highest BCUT2D eigenvalue weighted by Gasteiger charge is 2.23. The van der Waals surface area contributed by atoms with Crippen molar-refractivity contribution in [2.45, 2.75) is 20.3 Å². The molecule has 0 aliphatic carbocycles. The number of anilines is 1. The van der Waals surface area contributed by atoms with Gasteiger partial charge in [-0.1, -0.05) is 26.0 Å². The number of nitrogens with one attached hydrogen (secondary N) is 3. The van der Waals surface area contributed by atoms with Crippen LogP contribution in [0.4, 0.5) is 5.69 Å². The van der Waals surface area contributed by atoms with Gasteiger partial charge in [0.1, 0.15) is 0 Å². The highest BCUT2D eigenvalue weighted by atomic mass is 35.5. The van der Waals surface area contributed by atoms with E-state index in [1.54, 1.807) is 18.2 Å². The lowest BCUT2D eigenvalue weighted by Gasteiger charge is -2.14. The Morgan fingerprint density at radius 3 is 2.68 bits per heavy atom. The van der Waals surface area contributed by atoms with Gasteiger partial charge in [-0.3, -0.25) is 9.59 Å². The summed E-state index contributed by atoms with van der Waals surface area (Å²) in [6, 6.07) is 7.13. The van der Waals surface area contributed by atoms with Gasteiger partial charge in [0.25, 0.3) is 5.91 Å². The lowest BCUT2D eigenvalue weighted by atomic mass is 10.1. The summed E-state index contributed by atoms with van der Waals surface area (Å²) in [5.74, 6) is 0.199. The van der Waals surface area contributed by atoms with Crippen LogP contribution in [0, 0.1) is 11.8 Å². The first-order valence-corrected chi connectivity index (χ1v) is 7.46. The van der Waals surface area contributed by atoms with Crippen LogP contribution in [0.5, 0.6) is 0 Å². The highest BCUT2D eigenvalue weighted by molar-refractivity contribution is 6.04. The van der Waals surface area contributed by atoms with Crippen LogP contribution in [0.2, 0.25) is 0 Å². The average molecular weight is 326 g/mol. The predicted octanol–water partition coefficient (Wildman–Crippen LogP) is 2.04. The number of benzene rings is 1. The summed E-state index contributed by atoms with van der Waals surface area (Å²) < 4.78 is 0. The van der Waals surface area contributed by atoms with Gasteiger partial charge in [0.05, 0.1) is 17.2 Å². The number of hydrogen-bond acceptors (Lipinski definition) is 3. The Balaban J connectivity index is 0.00000242. The third-order valence-electron chi connectivity index (χ3n) is 3.53. The van der Waals surface area contributed by atoms with Crippen molar-refractivity contribution >= 4 is 29.9 Å². The maximum absolute atomic E-state index is 12.2. The molecular formula is C16H24ClN3O2. The second-order valence-electron chi connectivity index (χ2n) is 5.83.